The molecule has 0 N–H and O–H groups in total. The molecule has 1 amide bonds. The van der Waals surface area contributed by atoms with Gasteiger partial charge in [-0.05, 0) is 75.2 Å². The number of hydrogen-bond acceptors (Lipinski definition) is 3. The van der Waals surface area contributed by atoms with E-state index in [4.69, 9.17) is 0 Å². The Morgan fingerprint density at radius 1 is 1.00 bits per heavy atom. The van der Waals surface area contributed by atoms with Crippen molar-refractivity contribution in [1.29, 1.82) is 0 Å². The van der Waals surface area contributed by atoms with Crippen molar-refractivity contribution in [3.05, 3.63) is 53.3 Å². The Morgan fingerprint density at radius 2 is 1.68 bits per heavy atom. The van der Waals surface area contributed by atoms with Crippen LogP contribution in [0.2, 0.25) is 0 Å². The first-order valence-electron chi connectivity index (χ1n) is 10.8. The lowest BCUT2D eigenvalue weighted by atomic mass is 9.90. The fourth-order valence-corrected chi connectivity index (χ4v) is 4.58. The summed E-state index contributed by atoms with van der Waals surface area (Å²) in [6.07, 6.45) is 7.71. The Hall–Kier alpha value is -2.14. The van der Waals surface area contributed by atoms with Gasteiger partial charge in [-0.1, -0.05) is 24.3 Å². The van der Waals surface area contributed by atoms with Gasteiger partial charge in [0.15, 0.2) is 0 Å². The Kier molecular flexibility index (Phi) is 6.10. The first-order valence-corrected chi connectivity index (χ1v) is 10.8. The van der Waals surface area contributed by atoms with E-state index < -0.39 is 0 Å². The maximum absolute atomic E-state index is 12.7. The zero-order valence-corrected chi connectivity index (χ0v) is 17.0. The maximum atomic E-state index is 12.7. The van der Waals surface area contributed by atoms with Gasteiger partial charge in [0.25, 0.3) is 5.91 Å². The van der Waals surface area contributed by atoms with Crippen LogP contribution in [0.4, 0.5) is 0 Å². The van der Waals surface area contributed by atoms with E-state index in [0.29, 0.717) is 5.92 Å². The lowest BCUT2D eigenvalue weighted by Crippen LogP contribution is -2.39. The number of nitrogens with zero attached hydrogens (tertiary/aromatic N) is 4. The van der Waals surface area contributed by atoms with Crippen LogP contribution in [-0.2, 0) is 19.5 Å². The molecule has 150 valence electrons. The predicted molar refractivity (Wildman–Crippen MR) is 111 cm³/mol. The summed E-state index contributed by atoms with van der Waals surface area (Å²) < 4.78 is 1.79. The highest BCUT2D eigenvalue weighted by Crippen LogP contribution is 2.23. The molecule has 1 aromatic carbocycles. The van der Waals surface area contributed by atoms with Gasteiger partial charge in [-0.3, -0.25) is 14.4 Å². The van der Waals surface area contributed by atoms with Crippen molar-refractivity contribution in [2.75, 3.05) is 26.2 Å². The van der Waals surface area contributed by atoms with Gasteiger partial charge in [0.2, 0.25) is 0 Å². The number of rotatable bonds is 6. The van der Waals surface area contributed by atoms with E-state index in [0.717, 1.165) is 51.1 Å². The molecule has 5 nitrogen and oxygen atoms in total. The summed E-state index contributed by atoms with van der Waals surface area (Å²) in [4.78, 5) is 17.3. The minimum Gasteiger partial charge on any atom is -0.337 e. The molecule has 3 heterocycles. The van der Waals surface area contributed by atoms with Crippen LogP contribution in [0.5, 0.6) is 0 Å². The van der Waals surface area contributed by atoms with Crippen LogP contribution in [-0.4, -0.2) is 51.7 Å². The van der Waals surface area contributed by atoms with Crippen LogP contribution in [0.1, 0.15) is 54.2 Å². The first kappa shape index (κ1) is 19.2. The second-order valence-electron chi connectivity index (χ2n) is 8.27. The van der Waals surface area contributed by atoms with Gasteiger partial charge < -0.3 is 4.90 Å². The molecule has 0 aliphatic carbocycles. The number of aromatic nitrogens is 2. The van der Waals surface area contributed by atoms with E-state index in [1.807, 2.05) is 17.9 Å². The molecule has 0 radical (unpaired) electrons. The predicted octanol–water partition coefficient (Wildman–Crippen LogP) is 3.59. The quantitative estimate of drug-likeness (QED) is 0.769. The number of likely N-dealkylation sites (tertiary alicyclic amines) is 2. The molecule has 1 aromatic heterocycles. The molecule has 0 unspecified atom stereocenters. The molecule has 0 atom stereocenters. The average molecular weight is 381 g/mol. The van der Waals surface area contributed by atoms with Crippen molar-refractivity contribution in [3.63, 3.8) is 0 Å². The van der Waals surface area contributed by atoms with E-state index in [2.05, 4.69) is 34.3 Å². The summed E-state index contributed by atoms with van der Waals surface area (Å²) in [6, 6.07) is 11.1. The number of piperidine rings is 1. The number of benzene rings is 1. The molecule has 2 aromatic rings. The average Bonchev–Trinajstić information content (AvgIpc) is 3.41. The number of carbonyl (C=O) groups excluding carboxylic acids is 1. The highest BCUT2D eigenvalue weighted by molar-refractivity contribution is 5.92. The van der Waals surface area contributed by atoms with Crippen LogP contribution >= 0.6 is 0 Å². The zero-order valence-electron chi connectivity index (χ0n) is 17.0. The number of amides is 1. The van der Waals surface area contributed by atoms with Crippen molar-refractivity contribution < 1.29 is 4.79 Å². The van der Waals surface area contributed by atoms with Gasteiger partial charge >= 0.3 is 0 Å². The molecule has 0 bridgehead atoms. The molecular weight excluding hydrogens is 348 g/mol. The van der Waals surface area contributed by atoms with E-state index >= 15 is 0 Å². The fraction of sp³-hybridized carbons (Fsp3) is 0.565. The first-order chi connectivity index (χ1) is 13.7. The summed E-state index contributed by atoms with van der Waals surface area (Å²) in [6.45, 7) is 8.05. The van der Waals surface area contributed by atoms with Crippen LogP contribution in [0.25, 0.3) is 0 Å². The second kappa shape index (κ2) is 8.91. The summed E-state index contributed by atoms with van der Waals surface area (Å²) >= 11 is 0. The summed E-state index contributed by atoms with van der Waals surface area (Å²) in [5.74, 6) is 0.800. The standard InChI is InChI=1S/C23H32N4O/c1-2-27-22(9-12-24-27)23(28)26-15-10-20(11-16-26)17-19-5-7-21(8-6-19)18-25-13-3-4-14-25/h5-9,12,20H,2-4,10-11,13-18H2,1H3. The van der Waals surface area contributed by atoms with Crippen LogP contribution in [0, 0.1) is 5.92 Å². The van der Waals surface area contributed by atoms with Gasteiger partial charge in [-0.15, -0.1) is 0 Å². The normalized spacial score (nSPS) is 18.7. The van der Waals surface area contributed by atoms with E-state index in [9.17, 15) is 4.79 Å². The highest BCUT2D eigenvalue weighted by atomic mass is 16.2. The van der Waals surface area contributed by atoms with Crippen molar-refractivity contribution in [2.24, 2.45) is 5.92 Å². The van der Waals surface area contributed by atoms with Gasteiger partial charge in [0.05, 0.1) is 0 Å². The molecule has 2 saturated heterocycles. The van der Waals surface area contributed by atoms with E-state index in [-0.39, 0.29) is 5.91 Å². The number of hydrogen-bond donors (Lipinski definition) is 0. The molecule has 0 saturated carbocycles. The van der Waals surface area contributed by atoms with Crippen LogP contribution in [0.15, 0.2) is 36.5 Å². The largest absolute Gasteiger partial charge is 0.337 e. The molecule has 2 aliphatic rings. The lowest BCUT2D eigenvalue weighted by molar-refractivity contribution is 0.0678. The van der Waals surface area contributed by atoms with Crippen molar-refractivity contribution in [1.82, 2.24) is 19.6 Å². The topological polar surface area (TPSA) is 41.4 Å². The van der Waals surface area contributed by atoms with E-state index in [1.165, 1.54) is 37.1 Å². The van der Waals surface area contributed by atoms with Crippen molar-refractivity contribution in [2.45, 2.75) is 52.1 Å². The molecular formula is C23H32N4O. The van der Waals surface area contributed by atoms with Gasteiger partial charge in [-0.25, -0.2) is 0 Å². The number of carbonyl (C=O) groups is 1. The monoisotopic (exact) mass is 380 g/mol. The van der Waals surface area contributed by atoms with Crippen molar-refractivity contribution in [3.8, 4) is 0 Å². The minimum atomic E-state index is 0.129. The number of aryl methyl sites for hydroxylation is 1. The highest BCUT2D eigenvalue weighted by Gasteiger charge is 2.25. The molecule has 5 heteroatoms. The Labute approximate surface area is 168 Å². The Morgan fingerprint density at radius 3 is 2.36 bits per heavy atom. The SMILES string of the molecule is CCn1nccc1C(=O)N1CCC(Cc2ccc(CN3CCCC3)cc2)CC1. The Balaban J connectivity index is 1.26. The second-order valence-corrected chi connectivity index (χ2v) is 8.27. The minimum absolute atomic E-state index is 0.129. The van der Waals surface area contributed by atoms with Gasteiger partial charge in [-0.2, -0.15) is 5.10 Å². The summed E-state index contributed by atoms with van der Waals surface area (Å²) in [5, 5.41) is 4.23. The third kappa shape index (κ3) is 4.46. The van der Waals surface area contributed by atoms with E-state index in [1.54, 1.807) is 10.9 Å². The maximum Gasteiger partial charge on any atom is 0.272 e. The lowest BCUT2D eigenvalue weighted by Gasteiger charge is -2.32. The van der Waals surface area contributed by atoms with Gasteiger partial charge in [0.1, 0.15) is 5.69 Å². The van der Waals surface area contributed by atoms with Crippen molar-refractivity contribution >= 4 is 5.91 Å². The zero-order chi connectivity index (χ0) is 19.3. The molecule has 4 rings (SSSR count). The summed E-state index contributed by atoms with van der Waals surface area (Å²) in [7, 11) is 0. The Bertz CT molecular complexity index is 768. The van der Waals surface area contributed by atoms with Gasteiger partial charge in [0, 0.05) is 32.4 Å². The molecule has 0 spiro atoms. The van der Waals surface area contributed by atoms with Crippen LogP contribution in [0.3, 0.4) is 0 Å². The summed E-state index contributed by atoms with van der Waals surface area (Å²) in [5.41, 5.74) is 3.58. The van der Waals surface area contributed by atoms with Crippen LogP contribution < -0.4 is 0 Å². The molecule has 28 heavy (non-hydrogen) atoms. The molecule has 2 fully saturated rings. The fourth-order valence-electron chi connectivity index (χ4n) is 4.58. The molecule has 2 aliphatic heterocycles. The smallest absolute Gasteiger partial charge is 0.272 e. The third-order valence-electron chi connectivity index (χ3n) is 6.29. The third-order valence-corrected chi connectivity index (χ3v) is 6.29.